The van der Waals surface area contributed by atoms with Crippen LogP contribution in [0.1, 0.15) is 26.7 Å². The van der Waals surface area contributed by atoms with Crippen molar-refractivity contribution in [3.8, 4) is 0 Å². The minimum atomic E-state index is -1.00. The van der Waals surface area contributed by atoms with Crippen LogP contribution in [0.15, 0.2) is 0 Å². The summed E-state index contributed by atoms with van der Waals surface area (Å²) in [6.07, 6.45) is 1.27. The van der Waals surface area contributed by atoms with Crippen LogP contribution in [0.4, 0.5) is 0 Å². The Labute approximate surface area is 83.1 Å². The largest absolute Gasteiger partial charge is 0.355 e. The van der Waals surface area contributed by atoms with Crippen molar-refractivity contribution in [2.75, 3.05) is 6.54 Å². The van der Waals surface area contributed by atoms with Gasteiger partial charge in [-0.3, -0.25) is 14.4 Å². The Bertz CT molecular complexity index is 267. The van der Waals surface area contributed by atoms with Gasteiger partial charge in [0.1, 0.15) is 5.41 Å². The molecule has 1 rings (SSSR count). The summed E-state index contributed by atoms with van der Waals surface area (Å²) in [4.78, 5) is 33.0. The second-order valence-corrected chi connectivity index (χ2v) is 4.17. The highest BCUT2D eigenvalue weighted by molar-refractivity contribution is 6.34. The van der Waals surface area contributed by atoms with Crippen molar-refractivity contribution in [3.05, 3.63) is 0 Å². The zero-order chi connectivity index (χ0) is 10.8. The molecule has 0 atom stereocenters. The highest BCUT2D eigenvalue weighted by Gasteiger charge is 2.55. The van der Waals surface area contributed by atoms with E-state index in [2.05, 4.69) is 5.32 Å². The monoisotopic (exact) mass is 197 g/mol. The lowest BCUT2D eigenvalue weighted by atomic mass is 10.0. The van der Waals surface area contributed by atoms with E-state index >= 15 is 0 Å². The number of aldehydes is 1. The molecule has 0 unspecified atom stereocenters. The van der Waals surface area contributed by atoms with Crippen LogP contribution in [-0.2, 0) is 14.4 Å². The molecule has 1 fully saturated rings. The van der Waals surface area contributed by atoms with Gasteiger partial charge in [-0.25, -0.2) is 0 Å². The first-order valence-electron chi connectivity index (χ1n) is 4.81. The minimum Gasteiger partial charge on any atom is -0.355 e. The topological polar surface area (TPSA) is 63.2 Å². The molecule has 0 aliphatic heterocycles. The zero-order valence-corrected chi connectivity index (χ0v) is 8.50. The summed E-state index contributed by atoms with van der Waals surface area (Å²) in [6.45, 7) is 4.50. The summed E-state index contributed by atoms with van der Waals surface area (Å²) in [6, 6.07) is 0. The van der Waals surface area contributed by atoms with Gasteiger partial charge in [0, 0.05) is 6.54 Å². The Morgan fingerprint density at radius 2 is 2.00 bits per heavy atom. The molecule has 0 aromatic carbocycles. The molecule has 0 bridgehead atoms. The van der Waals surface area contributed by atoms with E-state index in [1.807, 2.05) is 13.8 Å². The third kappa shape index (κ3) is 2.00. The standard InChI is InChI=1S/C10H15NO3/c1-7(2)5-11-9(14)10(3-4-10)8(13)6-12/h6-7H,3-5H2,1-2H3,(H,11,14). The Kier molecular flexibility index (Phi) is 3.03. The van der Waals surface area contributed by atoms with Crippen LogP contribution in [0.2, 0.25) is 0 Å². The maximum Gasteiger partial charge on any atom is 0.234 e. The number of rotatable bonds is 5. The molecule has 4 heteroatoms. The molecule has 0 heterocycles. The van der Waals surface area contributed by atoms with E-state index in [1.165, 1.54) is 0 Å². The summed E-state index contributed by atoms with van der Waals surface area (Å²) in [5.41, 5.74) is -1.00. The predicted molar refractivity (Wildman–Crippen MR) is 50.6 cm³/mol. The second kappa shape index (κ2) is 3.90. The van der Waals surface area contributed by atoms with Crippen LogP contribution in [0, 0.1) is 11.3 Å². The molecule has 0 spiro atoms. The molecule has 78 valence electrons. The van der Waals surface area contributed by atoms with Crippen LogP contribution in [-0.4, -0.2) is 24.5 Å². The van der Waals surface area contributed by atoms with Gasteiger partial charge < -0.3 is 5.32 Å². The van der Waals surface area contributed by atoms with Crippen molar-refractivity contribution in [3.63, 3.8) is 0 Å². The van der Waals surface area contributed by atoms with Crippen LogP contribution in [0.5, 0.6) is 0 Å². The summed E-state index contributed by atoms with van der Waals surface area (Å²) in [7, 11) is 0. The summed E-state index contributed by atoms with van der Waals surface area (Å²) < 4.78 is 0. The van der Waals surface area contributed by atoms with Crippen LogP contribution in [0.3, 0.4) is 0 Å². The molecule has 4 nitrogen and oxygen atoms in total. The fourth-order valence-corrected chi connectivity index (χ4v) is 1.29. The molecule has 1 saturated carbocycles. The Hall–Kier alpha value is -1.19. The number of carbonyl (C=O) groups is 3. The van der Waals surface area contributed by atoms with Crippen LogP contribution in [0.25, 0.3) is 0 Å². The van der Waals surface area contributed by atoms with Gasteiger partial charge in [0.2, 0.25) is 11.7 Å². The Morgan fingerprint density at radius 1 is 1.43 bits per heavy atom. The number of nitrogens with one attached hydrogen (secondary N) is 1. The van der Waals surface area contributed by atoms with E-state index in [0.717, 1.165) is 0 Å². The van der Waals surface area contributed by atoms with Gasteiger partial charge >= 0.3 is 0 Å². The molecule has 0 radical (unpaired) electrons. The summed E-state index contributed by atoms with van der Waals surface area (Å²) >= 11 is 0. The first-order chi connectivity index (χ1) is 6.53. The Balaban J connectivity index is 2.52. The van der Waals surface area contributed by atoms with E-state index in [9.17, 15) is 14.4 Å². The lowest BCUT2D eigenvalue weighted by Crippen LogP contribution is -2.39. The van der Waals surface area contributed by atoms with Gasteiger partial charge in [0.25, 0.3) is 0 Å². The third-order valence-electron chi connectivity index (χ3n) is 2.43. The van der Waals surface area contributed by atoms with Crippen molar-refractivity contribution < 1.29 is 14.4 Å². The average Bonchev–Trinajstić information content (AvgIpc) is 2.93. The van der Waals surface area contributed by atoms with Gasteiger partial charge in [0.05, 0.1) is 0 Å². The lowest BCUT2D eigenvalue weighted by molar-refractivity contribution is -0.140. The van der Waals surface area contributed by atoms with Crippen LogP contribution < -0.4 is 5.32 Å². The first kappa shape index (κ1) is 10.9. The van der Waals surface area contributed by atoms with Gasteiger partial charge in [-0.2, -0.15) is 0 Å². The lowest BCUT2D eigenvalue weighted by Gasteiger charge is -2.12. The van der Waals surface area contributed by atoms with Gasteiger partial charge in [-0.15, -0.1) is 0 Å². The van der Waals surface area contributed by atoms with Gasteiger partial charge in [-0.1, -0.05) is 13.8 Å². The number of hydrogen-bond acceptors (Lipinski definition) is 3. The van der Waals surface area contributed by atoms with Crippen molar-refractivity contribution >= 4 is 18.0 Å². The SMILES string of the molecule is CC(C)CNC(=O)C1(C(=O)C=O)CC1. The molecule has 14 heavy (non-hydrogen) atoms. The molecule has 0 saturated heterocycles. The highest BCUT2D eigenvalue weighted by Crippen LogP contribution is 2.46. The molecule has 1 N–H and O–H groups in total. The summed E-state index contributed by atoms with van der Waals surface area (Å²) in [5.74, 6) is -0.525. The fourth-order valence-electron chi connectivity index (χ4n) is 1.29. The van der Waals surface area contributed by atoms with E-state index in [0.29, 0.717) is 25.3 Å². The quantitative estimate of drug-likeness (QED) is 0.392. The smallest absolute Gasteiger partial charge is 0.234 e. The molecular formula is C10H15NO3. The second-order valence-electron chi connectivity index (χ2n) is 4.17. The molecular weight excluding hydrogens is 182 g/mol. The number of carbonyl (C=O) groups excluding carboxylic acids is 3. The fraction of sp³-hybridized carbons (Fsp3) is 0.700. The molecule has 1 aliphatic rings. The van der Waals surface area contributed by atoms with Gasteiger partial charge in [0.15, 0.2) is 6.29 Å². The summed E-state index contributed by atoms with van der Waals surface area (Å²) in [5, 5.41) is 2.68. The van der Waals surface area contributed by atoms with Crippen molar-refractivity contribution in [1.29, 1.82) is 0 Å². The Morgan fingerprint density at radius 3 is 2.36 bits per heavy atom. The van der Waals surface area contributed by atoms with Crippen molar-refractivity contribution in [1.82, 2.24) is 5.32 Å². The predicted octanol–water partition coefficient (Wildman–Crippen LogP) is 0.307. The average molecular weight is 197 g/mol. The normalized spacial score (nSPS) is 17.6. The van der Waals surface area contributed by atoms with E-state index in [4.69, 9.17) is 0 Å². The van der Waals surface area contributed by atoms with Crippen LogP contribution >= 0.6 is 0 Å². The maximum atomic E-state index is 11.5. The van der Waals surface area contributed by atoms with E-state index in [1.54, 1.807) is 0 Å². The molecule has 1 aliphatic carbocycles. The van der Waals surface area contributed by atoms with Crippen molar-refractivity contribution in [2.24, 2.45) is 11.3 Å². The molecule has 0 aromatic heterocycles. The van der Waals surface area contributed by atoms with Gasteiger partial charge in [-0.05, 0) is 18.8 Å². The minimum absolute atomic E-state index is 0.252. The third-order valence-corrected chi connectivity index (χ3v) is 2.43. The zero-order valence-electron chi connectivity index (χ0n) is 8.50. The maximum absolute atomic E-state index is 11.5. The molecule has 1 amide bonds. The van der Waals surface area contributed by atoms with E-state index < -0.39 is 11.2 Å². The van der Waals surface area contributed by atoms with Crippen molar-refractivity contribution in [2.45, 2.75) is 26.7 Å². The number of ketones is 1. The molecule has 0 aromatic rings. The number of hydrogen-bond donors (Lipinski definition) is 1. The number of amides is 1. The number of Topliss-reactive ketones (excluding diaryl/α,β-unsaturated/α-hetero) is 1. The van der Waals surface area contributed by atoms with E-state index in [-0.39, 0.29) is 12.2 Å². The first-order valence-corrected chi connectivity index (χ1v) is 4.81. The highest BCUT2D eigenvalue weighted by atomic mass is 16.2.